The van der Waals surface area contributed by atoms with E-state index in [2.05, 4.69) is 20.4 Å². The molecule has 0 radical (unpaired) electrons. The summed E-state index contributed by atoms with van der Waals surface area (Å²) in [5.41, 5.74) is 5.68. The highest BCUT2D eigenvalue weighted by molar-refractivity contribution is 5.58. The maximum Gasteiger partial charge on any atom is 0.421 e. The largest absolute Gasteiger partial charge is 0.421 e. The number of rotatable bonds is 3. The van der Waals surface area contributed by atoms with Gasteiger partial charge in [0.15, 0.2) is 0 Å². The Morgan fingerprint density at radius 3 is 2.68 bits per heavy atom. The third-order valence-electron chi connectivity index (χ3n) is 4.17. The second-order valence-corrected chi connectivity index (χ2v) is 5.97. The molecule has 0 aliphatic carbocycles. The molecular formula is C15H19F3N6O. The number of hydrogen-bond donors (Lipinski definition) is 2. The highest BCUT2D eigenvalue weighted by Crippen LogP contribution is 2.35. The molecule has 0 saturated carbocycles. The number of nitrogens with zero attached hydrogens (tertiary/aromatic N) is 4. The smallest absolute Gasteiger partial charge is 0.383 e. The van der Waals surface area contributed by atoms with Crippen molar-refractivity contribution in [1.29, 1.82) is 0 Å². The van der Waals surface area contributed by atoms with E-state index in [4.69, 9.17) is 10.5 Å². The number of aromatic nitrogens is 4. The Morgan fingerprint density at radius 1 is 1.32 bits per heavy atom. The summed E-state index contributed by atoms with van der Waals surface area (Å²) in [5.74, 6) is -0.598. The summed E-state index contributed by atoms with van der Waals surface area (Å²) >= 11 is 0. The minimum absolute atomic E-state index is 0.00513. The fraction of sp³-hybridized carbons (Fsp3) is 0.533. The minimum Gasteiger partial charge on any atom is -0.383 e. The number of nitrogen functional groups attached to an aromatic ring is 1. The second kappa shape index (κ2) is 6.51. The first-order chi connectivity index (χ1) is 11.8. The van der Waals surface area contributed by atoms with Crippen molar-refractivity contribution >= 4 is 17.5 Å². The van der Waals surface area contributed by atoms with Crippen LogP contribution in [0.5, 0.6) is 0 Å². The molecule has 1 aliphatic heterocycles. The van der Waals surface area contributed by atoms with Crippen LogP contribution in [0.25, 0.3) is 0 Å². The van der Waals surface area contributed by atoms with E-state index in [1.165, 1.54) is 6.92 Å². The van der Waals surface area contributed by atoms with E-state index in [0.717, 1.165) is 25.1 Å². The van der Waals surface area contributed by atoms with Crippen molar-refractivity contribution in [2.24, 2.45) is 0 Å². The van der Waals surface area contributed by atoms with Crippen LogP contribution < -0.4 is 11.1 Å². The van der Waals surface area contributed by atoms with E-state index in [1.807, 2.05) is 11.6 Å². The average Bonchev–Trinajstić information content (AvgIpc) is 2.87. The summed E-state index contributed by atoms with van der Waals surface area (Å²) in [7, 11) is 0. The number of aryl methyl sites for hydroxylation is 1. The van der Waals surface area contributed by atoms with E-state index in [-0.39, 0.29) is 17.7 Å². The van der Waals surface area contributed by atoms with Gasteiger partial charge in [0.25, 0.3) is 0 Å². The van der Waals surface area contributed by atoms with Gasteiger partial charge in [0, 0.05) is 6.61 Å². The van der Waals surface area contributed by atoms with E-state index in [0.29, 0.717) is 12.3 Å². The monoisotopic (exact) mass is 356 g/mol. The molecule has 10 heteroatoms. The van der Waals surface area contributed by atoms with Crippen molar-refractivity contribution in [3.63, 3.8) is 0 Å². The molecule has 1 fully saturated rings. The lowest BCUT2D eigenvalue weighted by molar-refractivity contribution is -0.137. The lowest BCUT2D eigenvalue weighted by Gasteiger charge is -2.23. The zero-order valence-corrected chi connectivity index (χ0v) is 13.9. The summed E-state index contributed by atoms with van der Waals surface area (Å²) in [6.07, 6.45) is -1.07. The number of alkyl halides is 3. The Labute approximate surface area is 142 Å². The Balaban J connectivity index is 1.85. The van der Waals surface area contributed by atoms with Crippen LogP contribution in [0.3, 0.4) is 0 Å². The molecule has 1 saturated heterocycles. The molecule has 1 aliphatic rings. The maximum atomic E-state index is 12.9. The van der Waals surface area contributed by atoms with Crippen molar-refractivity contribution in [2.75, 3.05) is 24.3 Å². The summed E-state index contributed by atoms with van der Waals surface area (Å²) in [6, 6.07) is 0.143. The molecule has 3 rings (SSSR count). The zero-order chi connectivity index (χ0) is 18.2. The van der Waals surface area contributed by atoms with Crippen LogP contribution in [-0.2, 0) is 10.9 Å². The number of anilines is 3. The predicted molar refractivity (Wildman–Crippen MR) is 85.5 cm³/mol. The summed E-state index contributed by atoms with van der Waals surface area (Å²) < 4.78 is 46.1. The molecule has 2 aromatic rings. The fourth-order valence-corrected chi connectivity index (χ4v) is 2.95. The molecule has 2 aromatic heterocycles. The Morgan fingerprint density at radius 2 is 2.08 bits per heavy atom. The van der Waals surface area contributed by atoms with Gasteiger partial charge in [-0.15, -0.1) is 0 Å². The van der Waals surface area contributed by atoms with Crippen LogP contribution >= 0.6 is 0 Å². The van der Waals surface area contributed by atoms with E-state index >= 15 is 0 Å². The maximum absolute atomic E-state index is 12.9. The molecule has 3 heterocycles. The lowest BCUT2D eigenvalue weighted by Crippen LogP contribution is -2.23. The number of ether oxygens (including phenoxy) is 1. The van der Waals surface area contributed by atoms with Crippen LogP contribution in [0.4, 0.5) is 30.6 Å². The highest BCUT2D eigenvalue weighted by atomic mass is 19.4. The van der Waals surface area contributed by atoms with Crippen molar-refractivity contribution in [1.82, 2.24) is 19.7 Å². The molecular weight excluding hydrogens is 337 g/mol. The van der Waals surface area contributed by atoms with Crippen LogP contribution in [0, 0.1) is 13.8 Å². The van der Waals surface area contributed by atoms with Gasteiger partial charge < -0.3 is 15.8 Å². The highest BCUT2D eigenvalue weighted by Gasteiger charge is 2.36. The summed E-state index contributed by atoms with van der Waals surface area (Å²) in [6.45, 7) is 4.45. The normalized spacial score (nSPS) is 18.4. The Bertz CT molecular complexity index is 744. The van der Waals surface area contributed by atoms with Gasteiger partial charge in [-0.3, -0.25) is 4.68 Å². The first kappa shape index (κ1) is 17.5. The van der Waals surface area contributed by atoms with Crippen molar-refractivity contribution in [3.8, 4) is 0 Å². The molecule has 7 nitrogen and oxygen atoms in total. The van der Waals surface area contributed by atoms with Gasteiger partial charge in [-0.25, -0.2) is 4.98 Å². The Kier molecular flexibility index (Phi) is 4.55. The Hall–Kier alpha value is -2.36. The quantitative estimate of drug-likeness (QED) is 0.879. The molecule has 0 spiro atoms. The second-order valence-electron chi connectivity index (χ2n) is 5.97. The minimum atomic E-state index is -4.59. The molecule has 25 heavy (non-hydrogen) atoms. The van der Waals surface area contributed by atoms with Gasteiger partial charge in [0.1, 0.15) is 11.4 Å². The first-order valence-corrected chi connectivity index (χ1v) is 7.87. The molecule has 1 atom stereocenters. The van der Waals surface area contributed by atoms with Crippen molar-refractivity contribution in [3.05, 3.63) is 23.1 Å². The third-order valence-corrected chi connectivity index (χ3v) is 4.17. The SMILES string of the molecule is Cc1nc(Nc2cnn(C3CCCOC3)c2C)nc(N)c1C(F)(F)F. The number of hydrogen-bond acceptors (Lipinski definition) is 6. The average molecular weight is 356 g/mol. The summed E-state index contributed by atoms with van der Waals surface area (Å²) in [4.78, 5) is 7.61. The fourth-order valence-electron chi connectivity index (χ4n) is 2.95. The third kappa shape index (κ3) is 3.53. The van der Waals surface area contributed by atoms with Crippen molar-refractivity contribution in [2.45, 2.75) is 38.9 Å². The summed E-state index contributed by atoms with van der Waals surface area (Å²) in [5, 5.41) is 7.24. The van der Waals surface area contributed by atoms with Gasteiger partial charge in [0.05, 0.1) is 35.9 Å². The predicted octanol–water partition coefficient (Wildman–Crippen LogP) is 2.99. The molecule has 0 amide bonds. The van der Waals surface area contributed by atoms with E-state index < -0.39 is 17.6 Å². The van der Waals surface area contributed by atoms with Gasteiger partial charge in [-0.2, -0.15) is 23.3 Å². The van der Waals surface area contributed by atoms with Gasteiger partial charge in [-0.05, 0) is 26.7 Å². The van der Waals surface area contributed by atoms with Gasteiger partial charge in [-0.1, -0.05) is 0 Å². The van der Waals surface area contributed by atoms with Gasteiger partial charge >= 0.3 is 6.18 Å². The van der Waals surface area contributed by atoms with Crippen LogP contribution in [0.15, 0.2) is 6.20 Å². The number of nitrogens with two attached hydrogens (primary N) is 1. The topological polar surface area (TPSA) is 90.9 Å². The molecule has 0 bridgehead atoms. The molecule has 1 unspecified atom stereocenters. The standard InChI is InChI=1S/C15H19F3N6O/c1-8-12(15(16,17)18)13(19)23-14(21-8)22-11-6-20-24(9(11)2)10-4-3-5-25-7-10/h6,10H,3-5,7H2,1-2H3,(H3,19,21,22,23). The number of halogens is 3. The zero-order valence-electron chi connectivity index (χ0n) is 13.9. The lowest BCUT2D eigenvalue weighted by atomic mass is 10.1. The van der Waals surface area contributed by atoms with Crippen LogP contribution in [0.2, 0.25) is 0 Å². The molecule has 136 valence electrons. The molecule has 3 N–H and O–H groups in total. The van der Waals surface area contributed by atoms with Crippen LogP contribution in [-0.4, -0.2) is 33.0 Å². The number of nitrogens with one attached hydrogen (secondary N) is 1. The van der Waals surface area contributed by atoms with Crippen LogP contribution in [0.1, 0.15) is 35.8 Å². The van der Waals surface area contributed by atoms with E-state index in [1.54, 1.807) is 6.20 Å². The van der Waals surface area contributed by atoms with Gasteiger partial charge in [0.2, 0.25) is 5.95 Å². The van der Waals surface area contributed by atoms with Crippen molar-refractivity contribution < 1.29 is 17.9 Å². The first-order valence-electron chi connectivity index (χ1n) is 7.87. The molecule has 0 aromatic carbocycles. The van der Waals surface area contributed by atoms with E-state index in [9.17, 15) is 13.2 Å².